The zero-order valence-corrected chi connectivity index (χ0v) is 40.5. The summed E-state index contributed by atoms with van der Waals surface area (Å²) in [7, 11) is 0. The Morgan fingerprint density at radius 1 is 0.556 bits per heavy atom. The van der Waals surface area contributed by atoms with Crippen LogP contribution in [0.5, 0.6) is 0 Å². The lowest BCUT2D eigenvalue weighted by atomic mass is 9.43. The van der Waals surface area contributed by atoms with E-state index in [2.05, 4.69) is 59.1 Å². The minimum Gasteiger partial charge on any atom is -0.480 e. The Labute approximate surface area is 380 Å². The van der Waals surface area contributed by atoms with Crippen molar-refractivity contribution in [3.63, 3.8) is 0 Å². The SMILES string of the molecule is CCCNC(=O)CC[C@@H](C)[C@H]1CCC2C3C(CC[C@@]21C)[C@@]1(C)CC[C@@H](O)C[C@H]1C[C@H]3O.C[C@H](CCC(=O)NCC(=O)O)[C@H]1CCC2C3C(CC[C@@]21C)[C@@]1(C)CC[C@@H](O)C[C@H]1C[C@H]3O. The Balaban J connectivity index is 0.000000189. The standard InChI is InChI=1S/C27H47NO3.C26H43NO5/c1-5-14-28-24(31)9-6-17(2)20-7-8-21-25-22(11-13-27(20,21)4)26(3)12-10-19(29)15-18(26)16-23(25)30;1-15(4-7-22(30)27-14-23(31)32)18-5-6-19-24-20(9-11-26(18,19)3)25(2)10-8-17(28)12-16(25)13-21(24)29/h17-23,25,29-30H,5-16H2,1-4H3,(H,28,31);15-21,24,28-29H,4-14H2,1-3H3,(H,27,30)(H,31,32)/t17-,18+,19-,20-,21?,22?,23-,25?,26+,27-;15-,16+,17-,18-,19?,20?,21-,24?,25+,26-/m11/s1. The molecule has 0 heterocycles. The molecular weight excluding hydrogens is 793 g/mol. The minimum absolute atomic E-state index is 0.165. The summed E-state index contributed by atoms with van der Waals surface area (Å²) in [6, 6.07) is 0. The first-order valence-electron chi connectivity index (χ1n) is 26.2. The van der Waals surface area contributed by atoms with Gasteiger partial charge in [-0.15, -0.1) is 0 Å². The van der Waals surface area contributed by atoms with E-state index in [0.717, 1.165) is 90.0 Å². The van der Waals surface area contributed by atoms with Crippen LogP contribution < -0.4 is 10.6 Å². The molecule has 6 unspecified atom stereocenters. The number of fused-ring (bicyclic) bond motifs is 10. The molecule has 63 heavy (non-hydrogen) atoms. The first kappa shape index (κ1) is 49.2. The van der Waals surface area contributed by atoms with Crippen LogP contribution >= 0.6 is 0 Å². The highest BCUT2D eigenvalue weighted by Gasteiger charge is 2.64. The van der Waals surface area contributed by atoms with Crippen molar-refractivity contribution in [2.24, 2.45) is 92.7 Å². The summed E-state index contributed by atoms with van der Waals surface area (Å²) in [5.74, 6) is 5.24. The largest absolute Gasteiger partial charge is 0.480 e. The summed E-state index contributed by atoms with van der Waals surface area (Å²) < 4.78 is 0. The van der Waals surface area contributed by atoms with Gasteiger partial charge in [0.25, 0.3) is 0 Å². The van der Waals surface area contributed by atoms with Crippen LogP contribution in [0.3, 0.4) is 0 Å². The Bertz CT molecular complexity index is 1610. The van der Waals surface area contributed by atoms with E-state index < -0.39 is 5.97 Å². The summed E-state index contributed by atoms with van der Waals surface area (Å²) in [5.41, 5.74) is 1.05. The Morgan fingerprint density at radius 3 is 1.37 bits per heavy atom. The molecule has 0 saturated heterocycles. The van der Waals surface area contributed by atoms with Gasteiger partial charge in [0.15, 0.2) is 0 Å². The van der Waals surface area contributed by atoms with Gasteiger partial charge in [-0.1, -0.05) is 48.5 Å². The van der Waals surface area contributed by atoms with E-state index in [9.17, 15) is 34.8 Å². The molecule has 360 valence electrons. The topological polar surface area (TPSA) is 176 Å². The molecule has 0 aromatic rings. The van der Waals surface area contributed by atoms with Crippen LogP contribution in [0, 0.1) is 92.7 Å². The van der Waals surface area contributed by atoms with E-state index in [0.29, 0.717) is 94.7 Å². The lowest BCUT2D eigenvalue weighted by Gasteiger charge is -2.62. The molecule has 2 amide bonds. The van der Waals surface area contributed by atoms with Gasteiger partial charge < -0.3 is 36.2 Å². The zero-order valence-electron chi connectivity index (χ0n) is 40.5. The lowest BCUT2D eigenvalue weighted by molar-refractivity contribution is -0.174. The molecule has 0 aromatic heterocycles. The number of nitrogens with one attached hydrogen (secondary N) is 2. The van der Waals surface area contributed by atoms with Gasteiger partial charge in [-0.2, -0.15) is 0 Å². The van der Waals surface area contributed by atoms with Gasteiger partial charge in [0, 0.05) is 19.4 Å². The van der Waals surface area contributed by atoms with Crippen LogP contribution in [-0.2, 0) is 14.4 Å². The van der Waals surface area contributed by atoms with Crippen LogP contribution in [0.1, 0.15) is 183 Å². The van der Waals surface area contributed by atoms with Crippen molar-refractivity contribution in [3.05, 3.63) is 0 Å². The molecule has 0 spiro atoms. The smallest absolute Gasteiger partial charge is 0.322 e. The van der Waals surface area contributed by atoms with Gasteiger partial charge in [-0.25, -0.2) is 0 Å². The summed E-state index contributed by atoms with van der Waals surface area (Å²) in [6.45, 7) is 17.1. The molecule has 7 N–H and O–H groups in total. The van der Waals surface area contributed by atoms with E-state index in [1.54, 1.807) is 0 Å². The van der Waals surface area contributed by atoms with Crippen LogP contribution in [0.4, 0.5) is 0 Å². The average molecular weight is 883 g/mol. The van der Waals surface area contributed by atoms with Crippen molar-refractivity contribution in [2.45, 2.75) is 208 Å². The predicted molar refractivity (Wildman–Crippen MR) is 246 cm³/mol. The number of aliphatic carboxylic acids is 1. The predicted octanol–water partition coefficient (Wildman–Crippen LogP) is 8.51. The third-order valence-electron chi connectivity index (χ3n) is 21.5. The highest BCUT2D eigenvalue weighted by atomic mass is 16.4. The highest BCUT2D eigenvalue weighted by Crippen LogP contribution is 2.70. The van der Waals surface area contributed by atoms with Crippen molar-refractivity contribution in [1.82, 2.24) is 10.6 Å². The maximum Gasteiger partial charge on any atom is 0.322 e. The van der Waals surface area contributed by atoms with Crippen LogP contribution in [-0.4, -0.2) is 80.8 Å². The number of carbonyl (C=O) groups is 3. The number of rotatable bonds is 12. The number of hydrogen-bond acceptors (Lipinski definition) is 7. The maximum absolute atomic E-state index is 12.1. The molecule has 8 saturated carbocycles. The van der Waals surface area contributed by atoms with E-state index in [1.807, 2.05) is 0 Å². The Morgan fingerprint density at radius 2 is 0.952 bits per heavy atom. The third kappa shape index (κ3) is 9.43. The number of hydrogen-bond donors (Lipinski definition) is 7. The van der Waals surface area contributed by atoms with E-state index >= 15 is 0 Å². The molecule has 20 atom stereocenters. The second-order valence-corrected chi connectivity index (χ2v) is 24.5. The second kappa shape index (κ2) is 19.5. The van der Waals surface area contributed by atoms with Gasteiger partial charge in [0.2, 0.25) is 11.8 Å². The van der Waals surface area contributed by atoms with Gasteiger partial charge in [-0.05, 0) is 215 Å². The maximum atomic E-state index is 12.1. The van der Waals surface area contributed by atoms with Crippen molar-refractivity contribution >= 4 is 17.8 Å². The molecule has 0 aromatic carbocycles. The van der Waals surface area contributed by atoms with Crippen LogP contribution in [0.15, 0.2) is 0 Å². The average Bonchev–Trinajstić information content (AvgIpc) is 3.78. The Kier molecular flexibility index (Phi) is 15.2. The Hall–Kier alpha value is -1.75. The minimum atomic E-state index is -1.01. The first-order chi connectivity index (χ1) is 29.8. The highest BCUT2D eigenvalue weighted by molar-refractivity contribution is 5.81. The number of carboxylic acid groups (broad SMARTS) is 1. The molecule has 0 bridgehead atoms. The summed E-state index contributed by atoms with van der Waals surface area (Å²) >= 11 is 0. The molecule has 8 aliphatic rings. The van der Waals surface area contributed by atoms with Gasteiger partial charge in [0.1, 0.15) is 6.54 Å². The number of aliphatic hydroxyl groups excluding tert-OH is 4. The molecule has 8 rings (SSSR count). The summed E-state index contributed by atoms with van der Waals surface area (Å²) in [6.07, 6.45) is 20.2. The van der Waals surface area contributed by atoms with Crippen LogP contribution in [0.25, 0.3) is 0 Å². The molecule has 8 fully saturated rings. The van der Waals surface area contributed by atoms with Crippen LogP contribution in [0.2, 0.25) is 0 Å². The quantitative estimate of drug-likeness (QED) is 0.102. The molecule has 0 radical (unpaired) electrons. The summed E-state index contributed by atoms with van der Waals surface area (Å²) in [4.78, 5) is 34.8. The lowest BCUT2D eigenvalue weighted by Crippen LogP contribution is -2.58. The van der Waals surface area contributed by atoms with Gasteiger partial charge >= 0.3 is 5.97 Å². The van der Waals surface area contributed by atoms with Gasteiger partial charge in [0.05, 0.1) is 24.4 Å². The monoisotopic (exact) mass is 883 g/mol. The zero-order chi connectivity index (χ0) is 45.6. The van der Waals surface area contributed by atoms with Crippen molar-refractivity contribution in [3.8, 4) is 0 Å². The molecular formula is C53H90N2O8. The van der Waals surface area contributed by atoms with Gasteiger partial charge in [-0.3, -0.25) is 14.4 Å². The van der Waals surface area contributed by atoms with E-state index in [4.69, 9.17) is 5.11 Å². The normalized spacial score (nSPS) is 47.1. The second-order valence-electron chi connectivity index (χ2n) is 24.5. The fourth-order valence-corrected chi connectivity index (χ4v) is 18.1. The summed E-state index contributed by atoms with van der Waals surface area (Å²) in [5, 5.41) is 57.4. The first-order valence-corrected chi connectivity index (χ1v) is 26.2. The van der Waals surface area contributed by atoms with E-state index in [1.165, 1.54) is 38.5 Å². The molecule has 0 aliphatic heterocycles. The van der Waals surface area contributed by atoms with E-state index in [-0.39, 0.29) is 53.6 Å². The number of aliphatic hydroxyl groups is 4. The fourth-order valence-electron chi connectivity index (χ4n) is 18.1. The third-order valence-corrected chi connectivity index (χ3v) is 21.5. The van der Waals surface area contributed by atoms with Crippen molar-refractivity contribution < 1.29 is 39.9 Å². The van der Waals surface area contributed by atoms with Crippen molar-refractivity contribution in [2.75, 3.05) is 13.1 Å². The number of carbonyl (C=O) groups excluding carboxylic acids is 2. The molecule has 10 heteroatoms. The molecule has 8 aliphatic carbocycles. The number of carboxylic acids is 1. The van der Waals surface area contributed by atoms with Crippen molar-refractivity contribution in [1.29, 1.82) is 0 Å². The fraction of sp³-hybridized carbons (Fsp3) is 0.943. The molecule has 10 nitrogen and oxygen atoms in total. The number of amides is 2.